The largest absolute Gasteiger partial charge is 0.320 e. The lowest BCUT2D eigenvalue weighted by atomic mass is 9.87. The van der Waals surface area contributed by atoms with Crippen molar-refractivity contribution < 1.29 is 13.2 Å². The van der Waals surface area contributed by atoms with E-state index in [0.29, 0.717) is 0 Å². The van der Waals surface area contributed by atoms with Gasteiger partial charge in [-0.15, -0.1) is 0 Å². The number of hydrogen-bond acceptors (Lipinski definition) is 1. The van der Waals surface area contributed by atoms with Crippen LogP contribution >= 0.6 is 0 Å². The molecule has 21 heavy (non-hydrogen) atoms. The van der Waals surface area contributed by atoms with E-state index in [4.69, 9.17) is 5.73 Å². The Kier molecular flexibility index (Phi) is 4.10. The Morgan fingerprint density at radius 3 is 1.67 bits per heavy atom. The van der Waals surface area contributed by atoms with Gasteiger partial charge in [0.2, 0.25) is 0 Å². The summed E-state index contributed by atoms with van der Waals surface area (Å²) >= 11 is 0. The van der Waals surface area contributed by atoms with Crippen LogP contribution in [-0.4, -0.2) is 0 Å². The third kappa shape index (κ3) is 2.68. The predicted molar refractivity (Wildman–Crippen MR) is 77.7 cm³/mol. The number of aryl methyl sites for hydroxylation is 2. The van der Waals surface area contributed by atoms with E-state index in [2.05, 4.69) is 0 Å². The molecule has 0 bridgehead atoms. The van der Waals surface area contributed by atoms with Crippen LogP contribution in [0.4, 0.5) is 13.2 Å². The summed E-state index contributed by atoms with van der Waals surface area (Å²) in [6.07, 6.45) is 0. The molecule has 0 aromatic heterocycles. The molecule has 2 rings (SSSR count). The van der Waals surface area contributed by atoms with Gasteiger partial charge in [0.1, 0.15) is 0 Å². The summed E-state index contributed by atoms with van der Waals surface area (Å²) in [5, 5.41) is 0. The van der Waals surface area contributed by atoms with Crippen molar-refractivity contribution in [3.63, 3.8) is 0 Å². The highest BCUT2D eigenvalue weighted by Gasteiger charge is 2.20. The number of hydrogen-bond donors (Lipinski definition) is 1. The van der Waals surface area contributed by atoms with Crippen molar-refractivity contribution in [2.45, 2.75) is 33.7 Å². The number of halogens is 3. The van der Waals surface area contributed by atoms with Crippen LogP contribution in [0.5, 0.6) is 0 Å². The summed E-state index contributed by atoms with van der Waals surface area (Å²) < 4.78 is 39.9. The minimum Gasteiger partial charge on any atom is -0.320 e. The maximum Gasteiger partial charge on any atom is 0.194 e. The third-order valence-corrected chi connectivity index (χ3v) is 4.10. The molecular weight excluding hydrogens is 275 g/mol. The Morgan fingerprint density at radius 1 is 0.810 bits per heavy atom. The molecule has 0 aliphatic heterocycles. The van der Waals surface area contributed by atoms with E-state index >= 15 is 0 Å². The quantitative estimate of drug-likeness (QED) is 0.817. The van der Waals surface area contributed by atoms with E-state index in [9.17, 15) is 13.2 Å². The average molecular weight is 293 g/mol. The van der Waals surface area contributed by atoms with E-state index in [1.54, 1.807) is 0 Å². The Morgan fingerprint density at radius 2 is 1.24 bits per heavy atom. The van der Waals surface area contributed by atoms with Crippen molar-refractivity contribution >= 4 is 0 Å². The van der Waals surface area contributed by atoms with Gasteiger partial charge in [-0.2, -0.15) is 0 Å². The summed E-state index contributed by atoms with van der Waals surface area (Å²) in [7, 11) is 0. The molecule has 0 amide bonds. The average Bonchev–Trinajstić information content (AvgIpc) is 2.42. The second-order valence-electron chi connectivity index (χ2n) is 5.45. The lowest BCUT2D eigenvalue weighted by Crippen LogP contribution is -2.17. The topological polar surface area (TPSA) is 26.0 Å². The van der Waals surface area contributed by atoms with Gasteiger partial charge in [-0.3, -0.25) is 0 Å². The second kappa shape index (κ2) is 5.53. The van der Waals surface area contributed by atoms with E-state index in [1.165, 1.54) is 0 Å². The van der Waals surface area contributed by atoms with Crippen LogP contribution in [0, 0.1) is 45.1 Å². The van der Waals surface area contributed by atoms with Crippen LogP contribution in [0.2, 0.25) is 0 Å². The van der Waals surface area contributed by atoms with Gasteiger partial charge < -0.3 is 5.73 Å². The first-order chi connectivity index (χ1) is 9.73. The standard InChI is InChI=1S/C17H18F3N/c1-8-5-9(2)11(4)15(10(8)3)17(21)12-6-13(18)16(20)14(19)7-12/h5-7,17H,21H2,1-4H3. The van der Waals surface area contributed by atoms with Gasteiger partial charge in [0.05, 0.1) is 6.04 Å². The highest BCUT2D eigenvalue weighted by Crippen LogP contribution is 2.31. The van der Waals surface area contributed by atoms with E-state index in [0.717, 1.165) is 39.9 Å². The Hall–Kier alpha value is -1.81. The number of nitrogens with two attached hydrogens (primary N) is 1. The minimum atomic E-state index is -1.47. The molecule has 0 radical (unpaired) electrons. The highest BCUT2D eigenvalue weighted by atomic mass is 19.2. The lowest BCUT2D eigenvalue weighted by molar-refractivity contribution is 0.444. The summed E-state index contributed by atoms with van der Waals surface area (Å²) in [5.41, 5.74) is 11.3. The SMILES string of the molecule is Cc1cc(C)c(C)c(C(N)c2cc(F)c(F)c(F)c2)c1C. The first kappa shape index (κ1) is 15.6. The van der Waals surface area contributed by atoms with Crippen molar-refractivity contribution in [3.05, 3.63) is 69.0 Å². The molecule has 0 saturated heterocycles. The molecule has 2 N–H and O–H groups in total. The summed E-state index contributed by atoms with van der Waals surface area (Å²) in [6.45, 7) is 7.77. The fourth-order valence-corrected chi connectivity index (χ4v) is 2.64. The molecule has 1 nitrogen and oxygen atoms in total. The number of rotatable bonds is 2. The molecule has 0 fully saturated rings. The Bertz CT molecular complexity index is 658. The molecular formula is C17H18F3N. The fourth-order valence-electron chi connectivity index (χ4n) is 2.64. The highest BCUT2D eigenvalue weighted by molar-refractivity contribution is 5.48. The lowest BCUT2D eigenvalue weighted by Gasteiger charge is -2.21. The summed E-state index contributed by atoms with van der Waals surface area (Å²) in [4.78, 5) is 0. The molecule has 0 aliphatic carbocycles. The van der Waals surface area contributed by atoms with Gasteiger partial charge in [-0.05, 0) is 73.2 Å². The maximum atomic E-state index is 13.4. The second-order valence-corrected chi connectivity index (χ2v) is 5.45. The Labute approximate surface area is 122 Å². The normalized spacial score (nSPS) is 12.6. The van der Waals surface area contributed by atoms with Crippen molar-refractivity contribution in [3.8, 4) is 0 Å². The van der Waals surface area contributed by atoms with Crippen LogP contribution in [0.3, 0.4) is 0 Å². The number of benzene rings is 2. The first-order valence-electron chi connectivity index (χ1n) is 6.71. The van der Waals surface area contributed by atoms with Crippen molar-refractivity contribution in [1.82, 2.24) is 0 Å². The van der Waals surface area contributed by atoms with Gasteiger partial charge in [0, 0.05) is 0 Å². The first-order valence-corrected chi connectivity index (χ1v) is 6.71. The summed E-state index contributed by atoms with van der Waals surface area (Å²) in [6, 6.07) is 3.26. The monoisotopic (exact) mass is 293 g/mol. The zero-order valence-electron chi connectivity index (χ0n) is 12.5. The molecule has 0 saturated carbocycles. The fraction of sp³-hybridized carbons (Fsp3) is 0.294. The van der Waals surface area contributed by atoms with E-state index < -0.39 is 23.5 Å². The van der Waals surface area contributed by atoms with E-state index in [1.807, 2.05) is 33.8 Å². The van der Waals surface area contributed by atoms with Gasteiger partial charge in [-0.1, -0.05) is 6.07 Å². The molecule has 0 spiro atoms. The maximum absolute atomic E-state index is 13.4. The molecule has 2 aromatic carbocycles. The van der Waals surface area contributed by atoms with Crippen molar-refractivity contribution in [1.29, 1.82) is 0 Å². The Balaban J connectivity index is 2.63. The van der Waals surface area contributed by atoms with Gasteiger partial charge >= 0.3 is 0 Å². The minimum absolute atomic E-state index is 0.225. The zero-order chi connectivity index (χ0) is 15.9. The molecule has 4 heteroatoms. The smallest absolute Gasteiger partial charge is 0.194 e. The van der Waals surface area contributed by atoms with Gasteiger partial charge in [0.25, 0.3) is 0 Å². The van der Waals surface area contributed by atoms with Crippen molar-refractivity contribution in [2.24, 2.45) is 5.73 Å². The van der Waals surface area contributed by atoms with Gasteiger partial charge in [-0.25, -0.2) is 13.2 Å². The van der Waals surface area contributed by atoms with Crippen molar-refractivity contribution in [2.75, 3.05) is 0 Å². The molecule has 2 aromatic rings. The van der Waals surface area contributed by atoms with Crippen LogP contribution in [0.25, 0.3) is 0 Å². The molecule has 1 unspecified atom stereocenters. The molecule has 1 atom stereocenters. The predicted octanol–water partition coefficient (Wildman–Crippen LogP) is 4.39. The van der Waals surface area contributed by atoms with E-state index in [-0.39, 0.29) is 5.56 Å². The molecule has 0 aliphatic rings. The molecule has 112 valence electrons. The van der Waals surface area contributed by atoms with Crippen LogP contribution in [0.15, 0.2) is 18.2 Å². The van der Waals surface area contributed by atoms with Gasteiger partial charge in [0.15, 0.2) is 17.5 Å². The van der Waals surface area contributed by atoms with Crippen LogP contribution in [-0.2, 0) is 0 Å². The van der Waals surface area contributed by atoms with Crippen LogP contribution in [0.1, 0.15) is 39.4 Å². The zero-order valence-corrected chi connectivity index (χ0v) is 12.5. The third-order valence-electron chi connectivity index (χ3n) is 4.10. The van der Waals surface area contributed by atoms with Crippen LogP contribution < -0.4 is 5.73 Å². The summed E-state index contributed by atoms with van der Waals surface area (Å²) in [5.74, 6) is -3.92. The molecule has 0 heterocycles.